The number of nitriles is 1. The standard InChI is InChI=1S/C20H26N4O4/c1-13(2)17(23-19(27)22-15-7-5-4-6-8-15)18(26)28-11-16(25)24-20(3,12-21)14-9-10-14/h4-8,13-14,17H,9-11H2,1-3H3,(H,24,25)(H2,22,23,27)/t17-,20-/m0/s1. The average molecular weight is 386 g/mol. The molecule has 3 N–H and O–H groups in total. The summed E-state index contributed by atoms with van der Waals surface area (Å²) in [5.74, 6) is -1.36. The molecule has 0 aliphatic heterocycles. The molecule has 0 saturated heterocycles. The number of para-hydroxylation sites is 1. The van der Waals surface area contributed by atoms with Crippen molar-refractivity contribution in [2.45, 2.75) is 45.2 Å². The summed E-state index contributed by atoms with van der Waals surface area (Å²) in [4.78, 5) is 36.6. The molecule has 0 aromatic heterocycles. The van der Waals surface area contributed by atoms with E-state index in [4.69, 9.17) is 4.74 Å². The van der Waals surface area contributed by atoms with Crippen molar-refractivity contribution in [3.63, 3.8) is 0 Å². The lowest BCUT2D eigenvalue weighted by molar-refractivity contribution is -0.151. The highest BCUT2D eigenvalue weighted by atomic mass is 16.5. The summed E-state index contributed by atoms with van der Waals surface area (Å²) in [6.45, 7) is 4.67. The van der Waals surface area contributed by atoms with Crippen molar-refractivity contribution in [1.29, 1.82) is 5.26 Å². The van der Waals surface area contributed by atoms with Crippen LogP contribution >= 0.6 is 0 Å². The van der Waals surface area contributed by atoms with Crippen LogP contribution in [0.5, 0.6) is 0 Å². The summed E-state index contributed by atoms with van der Waals surface area (Å²) in [7, 11) is 0. The average Bonchev–Trinajstić information content (AvgIpc) is 3.50. The van der Waals surface area contributed by atoms with Crippen molar-refractivity contribution >= 4 is 23.6 Å². The van der Waals surface area contributed by atoms with Gasteiger partial charge in [0.25, 0.3) is 5.91 Å². The Hall–Kier alpha value is -3.08. The minimum Gasteiger partial charge on any atom is -0.454 e. The molecule has 2 atom stereocenters. The van der Waals surface area contributed by atoms with E-state index < -0.39 is 36.1 Å². The Bertz CT molecular complexity index is 755. The molecule has 8 heteroatoms. The van der Waals surface area contributed by atoms with Gasteiger partial charge in [-0.15, -0.1) is 0 Å². The number of hydrogen-bond donors (Lipinski definition) is 3. The van der Waals surface area contributed by atoms with Crippen LogP contribution in [0.4, 0.5) is 10.5 Å². The predicted octanol–water partition coefficient (Wildman–Crippen LogP) is 2.18. The van der Waals surface area contributed by atoms with Crippen LogP contribution in [0.2, 0.25) is 0 Å². The second-order valence-electron chi connectivity index (χ2n) is 7.43. The molecule has 150 valence electrons. The number of benzene rings is 1. The van der Waals surface area contributed by atoms with Gasteiger partial charge in [-0.05, 0) is 43.7 Å². The van der Waals surface area contributed by atoms with Crippen LogP contribution in [-0.2, 0) is 14.3 Å². The number of nitrogens with one attached hydrogen (secondary N) is 3. The van der Waals surface area contributed by atoms with E-state index in [0.717, 1.165) is 12.8 Å². The van der Waals surface area contributed by atoms with Crippen LogP contribution in [-0.4, -0.2) is 36.1 Å². The van der Waals surface area contributed by atoms with Crippen LogP contribution in [0.3, 0.4) is 0 Å². The molecule has 0 unspecified atom stereocenters. The van der Waals surface area contributed by atoms with Gasteiger partial charge >= 0.3 is 12.0 Å². The first-order chi connectivity index (χ1) is 13.2. The second-order valence-corrected chi connectivity index (χ2v) is 7.43. The lowest BCUT2D eigenvalue weighted by atomic mass is 9.98. The highest BCUT2D eigenvalue weighted by Crippen LogP contribution is 2.39. The summed E-state index contributed by atoms with van der Waals surface area (Å²) in [6.07, 6.45) is 1.78. The van der Waals surface area contributed by atoms with Crippen LogP contribution < -0.4 is 16.0 Å². The van der Waals surface area contributed by atoms with E-state index in [9.17, 15) is 19.6 Å². The topological polar surface area (TPSA) is 120 Å². The number of hydrogen-bond acceptors (Lipinski definition) is 5. The molecule has 3 amide bonds. The monoisotopic (exact) mass is 386 g/mol. The first kappa shape index (κ1) is 21.2. The Balaban J connectivity index is 1.85. The third-order valence-corrected chi connectivity index (χ3v) is 4.61. The fourth-order valence-electron chi connectivity index (χ4n) is 2.76. The molecule has 1 aliphatic carbocycles. The highest BCUT2D eigenvalue weighted by molar-refractivity contribution is 5.93. The number of anilines is 1. The van der Waals surface area contributed by atoms with Gasteiger partial charge in [0.1, 0.15) is 11.6 Å². The third-order valence-electron chi connectivity index (χ3n) is 4.61. The normalized spacial score (nSPS) is 16.2. The first-order valence-corrected chi connectivity index (χ1v) is 9.26. The maximum atomic E-state index is 12.3. The maximum Gasteiger partial charge on any atom is 0.329 e. The summed E-state index contributed by atoms with van der Waals surface area (Å²) < 4.78 is 5.07. The maximum absolute atomic E-state index is 12.3. The number of carbonyl (C=O) groups excluding carboxylic acids is 3. The molecular weight excluding hydrogens is 360 g/mol. The number of amides is 3. The van der Waals surface area contributed by atoms with Crippen LogP contribution in [0, 0.1) is 23.2 Å². The molecule has 2 rings (SSSR count). The second kappa shape index (κ2) is 9.22. The van der Waals surface area contributed by atoms with Crippen molar-refractivity contribution in [2.24, 2.45) is 11.8 Å². The zero-order valence-corrected chi connectivity index (χ0v) is 16.3. The minimum absolute atomic E-state index is 0.129. The van der Waals surface area contributed by atoms with Gasteiger partial charge in [0.05, 0.1) is 6.07 Å². The van der Waals surface area contributed by atoms with Crippen molar-refractivity contribution in [3.05, 3.63) is 30.3 Å². The van der Waals surface area contributed by atoms with Crippen LogP contribution in [0.25, 0.3) is 0 Å². The first-order valence-electron chi connectivity index (χ1n) is 9.26. The predicted molar refractivity (Wildman–Crippen MR) is 103 cm³/mol. The SMILES string of the molecule is CC(C)[C@H](NC(=O)Nc1ccccc1)C(=O)OCC(=O)N[C@@](C)(C#N)C1CC1. The van der Waals surface area contributed by atoms with Crippen molar-refractivity contribution in [3.8, 4) is 6.07 Å². The van der Waals surface area contributed by atoms with Gasteiger partial charge in [0.15, 0.2) is 6.61 Å². The number of urea groups is 1. The van der Waals surface area contributed by atoms with Gasteiger partial charge in [0.2, 0.25) is 0 Å². The van der Waals surface area contributed by atoms with Gasteiger partial charge in [-0.25, -0.2) is 9.59 Å². The molecule has 8 nitrogen and oxygen atoms in total. The fraction of sp³-hybridized carbons (Fsp3) is 0.500. The van der Waals surface area contributed by atoms with E-state index in [2.05, 4.69) is 22.0 Å². The molecule has 1 aromatic carbocycles. The van der Waals surface area contributed by atoms with Crippen LogP contribution in [0.15, 0.2) is 30.3 Å². The number of esters is 1. The number of carbonyl (C=O) groups is 3. The zero-order chi connectivity index (χ0) is 20.7. The summed E-state index contributed by atoms with van der Waals surface area (Å²) in [5.41, 5.74) is -0.361. The van der Waals surface area contributed by atoms with Crippen molar-refractivity contribution in [1.82, 2.24) is 10.6 Å². The summed E-state index contributed by atoms with van der Waals surface area (Å²) in [5, 5.41) is 17.1. The lowest BCUT2D eigenvalue weighted by Crippen LogP contribution is -2.50. The van der Waals surface area contributed by atoms with Gasteiger partial charge in [-0.3, -0.25) is 4.79 Å². The molecule has 1 aliphatic rings. The molecule has 0 spiro atoms. The number of ether oxygens (including phenoxy) is 1. The fourth-order valence-corrected chi connectivity index (χ4v) is 2.76. The Labute approximate surface area is 164 Å². The minimum atomic E-state index is -0.950. The van der Waals surface area contributed by atoms with Gasteiger partial charge in [-0.2, -0.15) is 5.26 Å². The van der Waals surface area contributed by atoms with E-state index >= 15 is 0 Å². The van der Waals surface area contributed by atoms with Gasteiger partial charge in [-0.1, -0.05) is 32.0 Å². The van der Waals surface area contributed by atoms with Crippen molar-refractivity contribution in [2.75, 3.05) is 11.9 Å². The molecule has 1 fully saturated rings. The highest BCUT2D eigenvalue weighted by Gasteiger charge is 2.43. The molecule has 1 aromatic rings. The number of nitrogens with zero attached hydrogens (tertiary/aromatic N) is 1. The Morgan fingerprint density at radius 3 is 2.43 bits per heavy atom. The van der Waals surface area contributed by atoms with E-state index in [1.165, 1.54) is 0 Å². The zero-order valence-electron chi connectivity index (χ0n) is 16.3. The Morgan fingerprint density at radius 1 is 1.25 bits per heavy atom. The molecule has 1 saturated carbocycles. The largest absolute Gasteiger partial charge is 0.454 e. The van der Waals surface area contributed by atoms with E-state index in [1.54, 1.807) is 45.0 Å². The molecule has 0 radical (unpaired) electrons. The van der Waals surface area contributed by atoms with E-state index in [1.807, 2.05) is 6.07 Å². The molecule has 28 heavy (non-hydrogen) atoms. The van der Waals surface area contributed by atoms with Crippen LogP contribution in [0.1, 0.15) is 33.6 Å². The van der Waals surface area contributed by atoms with Gasteiger partial charge in [0, 0.05) is 5.69 Å². The molecular formula is C20H26N4O4. The summed E-state index contributed by atoms with van der Waals surface area (Å²) >= 11 is 0. The lowest BCUT2D eigenvalue weighted by Gasteiger charge is -2.24. The Morgan fingerprint density at radius 2 is 1.89 bits per heavy atom. The number of rotatable bonds is 8. The quantitative estimate of drug-likeness (QED) is 0.592. The summed E-state index contributed by atoms with van der Waals surface area (Å²) in [6, 6.07) is 9.47. The molecule has 0 bridgehead atoms. The smallest absolute Gasteiger partial charge is 0.329 e. The molecule has 0 heterocycles. The van der Waals surface area contributed by atoms with Gasteiger partial charge < -0.3 is 20.7 Å². The van der Waals surface area contributed by atoms with E-state index in [0.29, 0.717) is 5.69 Å². The third kappa shape index (κ3) is 5.98. The van der Waals surface area contributed by atoms with Crippen molar-refractivity contribution < 1.29 is 19.1 Å². The Kier molecular flexibility index (Phi) is 6.99. The van der Waals surface area contributed by atoms with E-state index in [-0.39, 0.29) is 11.8 Å².